The summed E-state index contributed by atoms with van der Waals surface area (Å²) in [5.41, 5.74) is 15.6. The lowest BCUT2D eigenvalue weighted by Gasteiger charge is -2.27. The number of para-hydroxylation sites is 1. The van der Waals surface area contributed by atoms with Crippen molar-refractivity contribution in [2.45, 2.75) is 37.8 Å². The fraction of sp³-hybridized carbons (Fsp3) is 0.200. The molecule has 1 N–H and O–H groups in total. The molecule has 244 valence electrons. The number of hydrogen-bond donors (Lipinski definition) is 1. The second kappa shape index (κ2) is 14.1. The van der Waals surface area contributed by atoms with Gasteiger partial charge in [-0.3, -0.25) is 0 Å². The summed E-state index contributed by atoms with van der Waals surface area (Å²) in [6, 6.07) is 37.5. The van der Waals surface area contributed by atoms with Crippen LogP contribution in [0.3, 0.4) is 0 Å². The van der Waals surface area contributed by atoms with E-state index in [0.29, 0.717) is 12.1 Å². The van der Waals surface area contributed by atoms with Crippen LogP contribution in [0, 0.1) is 5.92 Å². The fourth-order valence-corrected chi connectivity index (χ4v) is 8.20. The maximum absolute atomic E-state index is 4.55. The molecular weight excluding hydrogens is 615 g/mol. The minimum Gasteiger partial charge on any atom is -0.317 e. The largest absolute Gasteiger partial charge is 0.317 e. The number of hydrogen-bond acceptors (Lipinski definition) is 4. The molecule has 4 heteroatoms. The Bertz CT molecular complexity index is 2000. The zero-order chi connectivity index (χ0) is 33.2. The first-order valence-electron chi connectivity index (χ1n) is 17.5. The number of anilines is 2. The summed E-state index contributed by atoms with van der Waals surface area (Å²) in [5.74, 6) is 1.07. The van der Waals surface area contributed by atoms with E-state index in [1.165, 1.54) is 52.0 Å². The van der Waals surface area contributed by atoms with E-state index in [0.717, 1.165) is 47.0 Å². The number of nitrogens with zero attached hydrogens (tertiary/aromatic N) is 2. The van der Waals surface area contributed by atoms with Crippen LogP contribution >= 0.6 is 11.8 Å². The molecule has 0 radical (unpaired) electrons. The Balaban J connectivity index is 1.05. The van der Waals surface area contributed by atoms with Crippen molar-refractivity contribution in [3.05, 3.63) is 185 Å². The van der Waals surface area contributed by atoms with Gasteiger partial charge in [-0.25, -0.2) is 10.4 Å². The highest BCUT2D eigenvalue weighted by Crippen LogP contribution is 2.42. The molecular formula is C45H43N3S. The molecule has 8 rings (SSSR count). The number of allylic oxidation sites excluding steroid dienone is 9. The topological polar surface area (TPSA) is 28.2 Å². The molecule has 3 nitrogen and oxygen atoms in total. The van der Waals surface area contributed by atoms with Crippen molar-refractivity contribution in [3.8, 4) is 0 Å². The SMILES string of the molecule is C=C1/C=C(c2ccc(C3NN3CC3CC=CCC3)cc2)\C=C/N(c2cccc(C3C=C(SC)C(c4ccccc4)=CC3)c2)c2ccccc21. The van der Waals surface area contributed by atoms with E-state index in [2.05, 4.69) is 174 Å². The van der Waals surface area contributed by atoms with Crippen molar-refractivity contribution in [1.82, 2.24) is 10.4 Å². The van der Waals surface area contributed by atoms with E-state index in [1.54, 1.807) is 0 Å². The van der Waals surface area contributed by atoms with Crippen LogP contribution in [0.4, 0.5) is 11.4 Å². The van der Waals surface area contributed by atoms with Crippen molar-refractivity contribution in [3.63, 3.8) is 0 Å². The van der Waals surface area contributed by atoms with Gasteiger partial charge in [0.05, 0.1) is 5.69 Å². The first-order valence-corrected chi connectivity index (χ1v) is 18.7. The molecule has 2 aliphatic heterocycles. The maximum Gasteiger partial charge on any atom is 0.112 e. The average Bonchev–Trinajstić information content (AvgIpc) is 3.93. The number of benzene rings is 4. The van der Waals surface area contributed by atoms with Crippen LogP contribution in [0.15, 0.2) is 157 Å². The van der Waals surface area contributed by atoms with Crippen molar-refractivity contribution in [2.24, 2.45) is 5.92 Å². The maximum atomic E-state index is 4.55. The third-order valence-electron chi connectivity index (χ3n) is 10.2. The lowest BCUT2D eigenvalue weighted by atomic mass is 9.87. The van der Waals surface area contributed by atoms with E-state index in [9.17, 15) is 0 Å². The molecule has 0 bridgehead atoms. The molecule has 4 unspecified atom stereocenters. The van der Waals surface area contributed by atoms with Crippen LogP contribution in [0.2, 0.25) is 0 Å². The Labute approximate surface area is 295 Å². The lowest BCUT2D eigenvalue weighted by molar-refractivity contribution is 0.350. The van der Waals surface area contributed by atoms with E-state index in [1.807, 2.05) is 11.8 Å². The number of rotatable bonds is 8. The average molecular weight is 658 g/mol. The predicted octanol–water partition coefficient (Wildman–Crippen LogP) is 11.4. The van der Waals surface area contributed by atoms with Gasteiger partial charge in [-0.05, 0) is 107 Å². The van der Waals surface area contributed by atoms with E-state index in [4.69, 9.17) is 0 Å². The molecule has 0 amide bonds. The molecule has 4 aromatic carbocycles. The molecule has 2 aliphatic carbocycles. The lowest BCUT2D eigenvalue weighted by Crippen LogP contribution is -2.16. The van der Waals surface area contributed by atoms with Gasteiger partial charge in [0.15, 0.2) is 0 Å². The third kappa shape index (κ3) is 6.82. The molecule has 0 aromatic heterocycles. The van der Waals surface area contributed by atoms with Gasteiger partial charge in [0.1, 0.15) is 6.17 Å². The Kier molecular flexibility index (Phi) is 9.10. The quantitative estimate of drug-likeness (QED) is 0.151. The van der Waals surface area contributed by atoms with Gasteiger partial charge in [0.2, 0.25) is 0 Å². The van der Waals surface area contributed by atoms with Crippen LogP contribution in [-0.2, 0) is 0 Å². The summed E-state index contributed by atoms with van der Waals surface area (Å²) in [6.07, 6.45) is 23.4. The molecule has 1 fully saturated rings. The second-order valence-corrected chi connectivity index (χ2v) is 14.3. The van der Waals surface area contributed by atoms with E-state index in [-0.39, 0.29) is 0 Å². The number of fused-ring (bicyclic) bond motifs is 1. The molecule has 0 saturated carbocycles. The van der Waals surface area contributed by atoms with Crippen molar-refractivity contribution in [1.29, 1.82) is 0 Å². The molecule has 4 aliphatic rings. The normalized spacial score (nSPS) is 24.9. The smallest absolute Gasteiger partial charge is 0.112 e. The van der Waals surface area contributed by atoms with Gasteiger partial charge < -0.3 is 4.90 Å². The van der Waals surface area contributed by atoms with Gasteiger partial charge in [-0.1, -0.05) is 116 Å². The Morgan fingerprint density at radius 3 is 2.49 bits per heavy atom. The monoisotopic (exact) mass is 657 g/mol. The van der Waals surface area contributed by atoms with Gasteiger partial charge in [0, 0.05) is 34.8 Å². The number of nitrogens with one attached hydrogen (secondary N) is 1. The van der Waals surface area contributed by atoms with Crippen LogP contribution in [0.1, 0.15) is 65.6 Å². The number of hydrazine groups is 1. The van der Waals surface area contributed by atoms with Gasteiger partial charge >= 0.3 is 0 Å². The highest BCUT2D eigenvalue weighted by Gasteiger charge is 2.36. The summed E-state index contributed by atoms with van der Waals surface area (Å²) in [6.45, 7) is 5.66. The van der Waals surface area contributed by atoms with Gasteiger partial charge in [0.25, 0.3) is 0 Å². The minimum atomic E-state index is 0.317. The zero-order valence-electron chi connectivity index (χ0n) is 28.1. The van der Waals surface area contributed by atoms with Crippen molar-refractivity contribution < 1.29 is 0 Å². The highest BCUT2D eigenvalue weighted by molar-refractivity contribution is 8.03. The van der Waals surface area contributed by atoms with Gasteiger partial charge in [-0.2, -0.15) is 0 Å². The molecule has 0 spiro atoms. The van der Waals surface area contributed by atoms with Crippen LogP contribution < -0.4 is 10.3 Å². The molecule has 2 heterocycles. The number of thioether (sulfide) groups is 1. The summed E-state index contributed by atoms with van der Waals surface area (Å²) in [5, 5.41) is 2.39. The van der Waals surface area contributed by atoms with E-state index >= 15 is 0 Å². The molecule has 1 saturated heterocycles. The molecule has 4 aromatic rings. The Morgan fingerprint density at radius 2 is 1.67 bits per heavy atom. The summed E-state index contributed by atoms with van der Waals surface area (Å²) < 4.78 is 0. The Hall–Kier alpha value is -4.61. The van der Waals surface area contributed by atoms with Crippen LogP contribution in [-0.4, -0.2) is 17.8 Å². The van der Waals surface area contributed by atoms with Crippen LogP contribution in [0.25, 0.3) is 16.7 Å². The first kappa shape index (κ1) is 31.6. The summed E-state index contributed by atoms with van der Waals surface area (Å²) >= 11 is 1.83. The third-order valence-corrected chi connectivity index (χ3v) is 11.0. The predicted molar refractivity (Wildman–Crippen MR) is 210 cm³/mol. The molecule has 4 atom stereocenters. The summed E-state index contributed by atoms with van der Waals surface area (Å²) in [4.78, 5) is 3.67. The molecule has 49 heavy (non-hydrogen) atoms. The second-order valence-electron chi connectivity index (χ2n) is 13.4. The summed E-state index contributed by atoms with van der Waals surface area (Å²) in [7, 11) is 0. The van der Waals surface area contributed by atoms with Crippen molar-refractivity contribution in [2.75, 3.05) is 17.7 Å². The first-order chi connectivity index (χ1) is 24.1. The van der Waals surface area contributed by atoms with Crippen molar-refractivity contribution >= 4 is 39.9 Å². The highest BCUT2D eigenvalue weighted by atomic mass is 32.2. The standard InChI is InChI=1S/C45H43N3S/c1-32-28-39(34-20-22-36(23-21-34)45-46-48(45)31-33-12-5-3-6-13-33)26-27-47(43-19-10-9-18-41(32)43)40-17-11-16-37(29-40)38-24-25-42(44(30-38)49-2)35-14-7-4-8-15-35/h3-5,7-11,14-23,25-30,33,38,45-46H,1,6,12-13,24,31H2,2H3/b27-26-,39-28+. The van der Waals surface area contributed by atoms with Crippen LogP contribution in [0.5, 0.6) is 0 Å². The van der Waals surface area contributed by atoms with E-state index < -0.39 is 0 Å². The fourth-order valence-electron chi connectivity index (χ4n) is 7.48. The van der Waals surface area contributed by atoms with Gasteiger partial charge in [-0.15, -0.1) is 11.8 Å². The minimum absolute atomic E-state index is 0.317. The Morgan fingerprint density at radius 1 is 0.837 bits per heavy atom. The zero-order valence-corrected chi connectivity index (χ0v) is 29.0.